The molecule has 0 saturated carbocycles. The van der Waals surface area contributed by atoms with E-state index in [1.807, 2.05) is 38.1 Å². The predicted octanol–water partition coefficient (Wildman–Crippen LogP) is 3.32. The third-order valence-electron chi connectivity index (χ3n) is 3.98. The topological polar surface area (TPSA) is 114 Å². The summed E-state index contributed by atoms with van der Waals surface area (Å²) in [5.74, 6) is 1.33. The number of ether oxygens (including phenoxy) is 1. The number of thiazole rings is 1. The van der Waals surface area contributed by atoms with Crippen LogP contribution in [-0.4, -0.2) is 45.6 Å². The molecule has 0 aliphatic rings. The highest BCUT2D eigenvalue weighted by Gasteiger charge is 2.11. The Balaban J connectivity index is 1.60. The van der Waals surface area contributed by atoms with Gasteiger partial charge in [0.25, 0.3) is 0 Å². The number of methoxy groups -OCH3 is 1. The van der Waals surface area contributed by atoms with Crippen molar-refractivity contribution in [1.29, 1.82) is 0 Å². The average Bonchev–Trinajstić information content (AvgIpc) is 3.09. The lowest BCUT2D eigenvalue weighted by Crippen LogP contribution is -2.22. The molecule has 1 amide bonds. The monoisotopic (exact) mass is 427 g/mol. The van der Waals surface area contributed by atoms with Crippen LogP contribution >= 0.6 is 11.3 Å². The highest BCUT2D eigenvalue weighted by Crippen LogP contribution is 2.22. The molecule has 0 spiro atoms. The van der Waals surface area contributed by atoms with E-state index in [0.29, 0.717) is 29.5 Å². The summed E-state index contributed by atoms with van der Waals surface area (Å²) in [5, 5.41) is 9.75. The maximum atomic E-state index is 12.3. The molecule has 2 heterocycles. The Morgan fingerprint density at radius 3 is 2.60 bits per heavy atom. The molecule has 0 aliphatic heterocycles. The Kier molecular flexibility index (Phi) is 7.26. The van der Waals surface area contributed by atoms with Crippen molar-refractivity contribution in [3.8, 4) is 0 Å². The Bertz CT molecular complexity index is 991. The number of amides is 1. The molecule has 3 aromatic rings. The van der Waals surface area contributed by atoms with Crippen LogP contribution in [-0.2, 0) is 16.0 Å². The first-order valence-electron chi connectivity index (χ1n) is 9.47. The molecule has 2 aromatic heterocycles. The molecule has 158 valence electrons. The molecule has 0 fully saturated rings. The van der Waals surface area contributed by atoms with Crippen molar-refractivity contribution in [2.75, 3.05) is 29.7 Å². The minimum Gasteiger partial charge on any atom is -0.383 e. The molecular weight excluding hydrogens is 402 g/mol. The lowest BCUT2D eigenvalue weighted by atomic mass is 10.2. The lowest BCUT2D eigenvalue weighted by molar-refractivity contribution is -0.115. The number of hydrogen-bond donors (Lipinski definition) is 3. The summed E-state index contributed by atoms with van der Waals surface area (Å²) in [7, 11) is 1.64. The molecule has 9 nitrogen and oxygen atoms in total. The van der Waals surface area contributed by atoms with E-state index in [0.717, 1.165) is 16.1 Å². The molecule has 0 aliphatic carbocycles. The van der Waals surface area contributed by atoms with Crippen LogP contribution in [0.2, 0.25) is 0 Å². The van der Waals surface area contributed by atoms with Crippen LogP contribution in [0.1, 0.15) is 23.2 Å². The van der Waals surface area contributed by atoms with E-state index < -0.39 is 0 Å². The van der Waals surface area contributed by atoms with Gasteiger partial charge in [0.1, 0.15) is 5.82 Å². The second-order valence-corrected chi connectivity index (χ2v) is 7.99. The maximum Gasteiger partial charge on any atom is 0.234 e. The zero-order valence-electron chi connectivity index (χ0n) is 17.4. The van der Waals surface area contributed by atoms with Gasteiger partial charge in [0.05, 0.1) is 13.0 Å². The van der Waals surface area contributed by atoms with Gasteiger partial charge in [0.2, 0.25) is 17.8 Å². The number of rotatable bonds is 9. The van der Waals surface area contributed by atoms with Crippen LogP contribution in [0.5, 0.6) is 0 Å². The molecule has 0 bridgehead atoms. The van der Waals surface area contributed by atoms with Gasteiger partial charge in [-0.05, 0) is 32.9 Å². The van der Waals surface area contributed by atoms with Crippen LogP contribution in [0.25, 0.3) is 0 Å². The fourth-order valence-corrected chi connectivity index (χ4v) is 3.46. The van der Waals surface area contributed by atoms with Crippen LogP contribution < -0.4 is 16.0 Å². The second kappa shape index (κ2) is 10.1. The molecule has 3 N–H and O–H groups in total. The van der Waals surface area contributed by atoms with Crippen molar-refractivity contribution in [2.45, 2.75) is 33.2 Å². The SMILES string of the molecule is COCC(C)Nc1nc(C)nc(Nc2ncc(CC(=O)Nc3ccc(C)cc3)s2)n1. The standard InChI is InChI=1S/C20H25N7O2S/c1-12-5-7-15(8-6-12)25-17(28)9-16-10-21-20(30-16)27-19-24-14(3)23-18(26-19)22-13(2)11-29-4/h5-8,10,13H,9,11H2,1-4H3,(H,25,28)(H2,21,22,23,24,26,27). The van der Waals surface area contributed by atoms with E-state index in [1.165, 1.54) is 11.3 Å². The quantitative estimate of drug-likeness (QED) is 0.477. The number of aromatic nitrogens is 4. The first-order chi connectivity index (χ1) is 14.4. The molecule has 1 unspecified atom stereocenters. The number of anilines is 4. The fraction of sp³-hybridized carbons (Fsp3) is 0.350. The number of nitrogens with zero attached hydrogens (tertiary/aromatic N) is 4. The summed E-state index contributed by atoms with van der Waals surface area (Å²) in [6, 6.07) is 7.74. The zero-order valence-corrected chi connectivity index (χ0v) is 18.2. The average molecular weight is 428 g/mol. The van der Waals surface area contributed by atoms with Gasteiger partial charge in [0, 0.05) is 29.9 Å². The molecule has 0 saturated heterocycles. The van der Waals surface area contributed by atoms with Gasteiger partial charge in [-0.1, -0.05) is 17.7 Å². The number of benzene rings is 1. The molecule has 1 aromatic carbocycles. The highest BCUT2D eigenvalue weighted by atomic mass is 32.1. The molecule has 10 heteroatoms. The van der Waals surface area contributed by atoms with Crippen molar-refractivity contribution in [2.24, 2.45) is 0 Å². The second-order valence-electron chi connectivity index (χ2n) is 6.88. The molecule has 30 heavy (non-hydrogen) atoms. The summed E-state index contributed by atoms with van der Waals surface area (Å²) < 4.78 is 5.12. The summed E-state index contributed by atoms with van der Waals surface area (Å²) in [6.07, 6.45) is 1.92. The van der Waals surface area contributed by atoms with Gasteiger partial charge in [0.15, 0.2) is 5.13 Å². The van der Waals surface area contributed by atoms with E-state index in [-0.39, 0.29) is 18.4 Å². The van der Waals surface area contributed by atoms with Crippen LogP contribution in [0.4, 0.5) is 22.7 Å². The highest BCUT2D eigenvalue weighted by molar-refractivity contribution is 7.15. The number of carbonyl (C=O) groups is 1. The number of nitrogens with one attached hydrogen (secondary N) is 3. The van der Waals surface area contributed by atoms with Crippen LogP contribution in [0.3, 0.4) is 0 Å². The van der Waals surface area contributed by atoms with Gasteiger partial charge < -0.3 is 15.4 Å². The van der Waals surface area contributed by atoms with Crippen molar-refractivity contribution in [1.82, 2.24) is 19.9 Å². The maximum absolute atomic E-state index is 12.3. The number of hydrogen-bond acceptors (Lipinski definition) is 9. The third-order valence-corrected chi connectivity index (χ3v) is 4.89. The lowest BCUT2D eigenvalue weighted by Gasteiger charge is -2.13. The van der Waals surface area contributed by atoms with E-state index in [9.17, 15) is 4.79 Å². The van der Waals surface area contributed by atoms with Gasteiger partial charge in [-0.25, -0.2) is 4.98 Å². The summed E-state index contributed by atoms with van der Waals surface area (Å²) in [6.45, 7) is 6.31. The number of aryl methyl sites for hydroxylation is 2. The Labute approximate surface area is 179 Å². The van der Waals surface area contributed by atoms with Crippen LogP contribution in [0, 0.1) is 13.8 Å². The molecule has 1 atom stereocenters. The first-order valence-corrected chi connectivity index (χ1v) is 10.3. The molecule has 0 radical (unpaired) electrons. The van der Waals surface area contributed by atoms with Gasteiger partial charge in [-0.15, -0.1) is 11.3 Å². The summed E-state index contributed by atoms with van der Waals surface area (Å²) in [5.41, 5.74) is 1.92. The molecular formula is C20H25N7O2S. The van der Waals surface area contributed by atoms with Crippen molar-refractivity contribution >= 4 is 40.0 Å². The van der Waals surface area contributed by atoms with E-state index >= 15 is 0 Å². The summed E-state index contributed by atoms with van der Waals surface area (Å²) >= 11 is 1.38. The van der Waals surface area contributed by atoms with Gasteiger partial charge >= 0.3 is 0 Å². The fourth-order valence-electron chi connectivity index (χ4n) is 2.66. The Morgan fingerprint density at radius 2 is 1.87 bits per heavy atom. The van der Waals surface area contributed by atoms with Gasteiger partial charge in [-0.2, -0.15) is 15.0 Å². The van der Waals surface area contributed by atoms with Crippen molar-refractivity contribution in [3.05, 3.63) is 46.7 Å². The number of carbonyl (C=O) groups excluding carboxylic acids is 1. The van der Waals surface area contributed by atoms with Crippen LogP contribution in [0.15, 0.2) is 30.5 Å². The minimum absolute atomic E-state index is 0.0585. The third kappa shape index (κ3) is 6.46. The summed E-state index contributed by atoms with van der Waals surface area (Å²) in [4.78, 5) is 30.4. The molecule has 3 rings (SSSR count). The van der Waals surface area contributed by atoms with E-state index in [4.69, 9.17) is 4.74 Å². The minimum atomic E-state index is -0.0938. The first kappa shape index (κ1) is 21.6. The van der Waals surface area contributed by atoms with E-state index in [1.54, 1.807) is 20.2 Å². The predicted molar refractivity (Wildman–Crippen MR) is 118 cm³/mol. The van der Waals surface area contributed by atoms with Crippen molar-refractivity contribution < 1.29 is 9.53 Å². The van der Waals surface area contributed by atoms with Gasteiger partial charge in [-0.3, -0.25) is 10.1 Å². The zero-order chi connectivity index (χ0) is 21.5. The van der Waals surface area contributed by atoms with E-state index in [2.05, 4.69) is 35.9 Å². The van der Waals surface area contributed by atoms with Crippen molar-refractivity contribution in [3.63, 3.8) is 0 Å². The normalized spacial score (nSPS) is 11.7. The Hall–Kier alpha value is -3.11. The largest absolute Gasteiger partial charge is 0.383 e. The Morgan fingerprint density at radius 1 is 1.13 bits per heavy atom. The smallest absolute Gasteiger partial charge is 0.234 e.